The third-order valence-corrected chi connectivity index (χ3v) is 4.06. The van der Waals surface area contributed by atoms with Crippen molar-refractivity contribution in [2.75, 3.05) is 27.2 Å². The van der Waals surface area contributed by atoms with Crippen molar-refractivity contribution in [1.82, 2.24) is 9.80 Å². The Bertz CT molecular complexity index is 239. The van der Waals surface area contributed by atoms with Gasteiger partial charge in [-0.05, 0) is 12.8 Å². The van der Waals surface area contributed by atoms with Gasteiger partial charge in [0.1, 0.15) is 0 Å². The molecule has 7 heteroatoms. The topological polar surface area (TPSA) is 6.48 Å². The van der Waals surface area contributed by atoms with Crippen LogP contribution in [-0.4, -0.2) is 45.6 Å². The number of hydrogen-bond acceptors (Lipinski definition) is 4. The van der Waals surface area contributed by atoms with Gasteiger partial charge in [0.25, 0.3) is 0 Å². The number of unbranched alkanes of at least 4 members (excludes halogenated alkanes) is 4. The molecule has 0 aromatic carbocycles. The SMILES string of the molecule is CCCCCN(C)C(=S)[S-].CCCCCN(C)C(=S)[S-].[Cu+2]. The molecule has 0 saturated carbocycles. The first-order valence-corrected chi connectivity index (χ1v) is 8.84. The van der Waals surface area contributed by atoms with Crippen molar-refractivity contribution >= 4 is 58.3 Å². The van der Waals surface area contributed by atoms with Crippen LogP contribution < -0.4 is 0 Å². The summed E-state index contributed by atoms with van der Waals surface area (Å²) in [6.07, 6.45) is 7.42. The summed E-state index contributed by atoms with van der Waals surface area (Å²) >= 11 is 19.2. The van der Waals surface area contributed by atoms with Gasteiger partial charge in [-0.3, -0.25) is 0 Å². The zero-order valence-corrected chi connectivity index (χ0v) is 17.7. The van der Waals surface area contributed by atoms with Crippen molar-refractivity contribution < 1.29 is 17.1 Å². The molecule has 2 nitrogen and oxygen atoms in total. The van der Waals surface area contributed by atoms with Crippen molar-refractivity contribution in [3.8, 4) is 0 Å². The Morgan fingerprint density at radius 3 is 1.24 bits per heavy atom. The minimum absolute atomic E-state index is 0. The predicted molar refractivity (Wildman–Crippen MR) is 104 cm³/mol. The standard InChI is InChI=1S/2C7H15NS2.Cu/c2*1-3-4-5-6-8(2)7(9)10;/h2*3-6H2,1-2H3,(H,9,10);/q;;+2/p-2. The van der Waals surface area contributed by atoms with Crippen LogP contribution in [0.15, 0.2) is 0 Å². The number of rotatable bonds is 8. The van der Waals surface area contributed by atoms with E-state index < -0.39 is 0 Å². The van der Waals surface area contributed by atoms with Crippen LogP contribution in [0.3, 0.4) is 0 Å². The van der Waals surface area contributed by atoms with Gasteiger partial charge in [-0.2, -0.15) is 0 Å². The molecule has 21 heavy (non-hydrogen) atoms. The molecular weight excluding hydrogens is 388 g/mol. The minimum atomic E-state index is 0. The third-order valence-electron chi connectivity index (χ3n) is 2.82. The van der Waals surface area contributed by atoms with E-state index in [0.717, 1.165) is 13.1 Å². The summed E-state index contributed by atoms with van der Waals surface area (Å²) in [5, 5.41) is 0. The third kappa shape index (κ3) is 20.7. The Hall–Kier alpha value is 0.739. The molecule has 0 aliphatic carbocycles. The predicted octanol–water partition coefficient (Wildman–Crippen LogP) is 3.88. The molecule has 0 aliphatic heterocycles. The normalized spacial score (nSPS) is 8.95. The Morgan fingerprint density at radius 1 is 0.762 bits per heavy atom. The van der Waals surface area contributed by atoms with Gasteiger partial charge in [0.2, 0.25) is 0 Å². The largest absolute Gasteiger partial charge is 2.00 e. The maximum Gasteiger partial charge on any atom is 2.00 e. The van der Waals surface area contributed by atoms with Gasteiger partial charge in [-0.15, -0.1) is 0 Å². The second-order valence-corrected chi connectivity index (χ2v) is 6.85. The second-order valence-electron chi connectivity index (χ2n) is 4.79. The zero-order chi connectivity index (χ0) is 16.0. The average molecular weight is 416 g/mol. The first-order chi connectivity index (χ1) is 9.36. The maximum absolute atomic E-state index is 4.81. The summed E-state index contributed by atoms with van der Waals surface area (Å²) in [4.78, 5) is 3.89. The fourth-order valence-corrected chi connectivity index (χ4v) is 1.75. The van der Waals surface area contributed by atoms with Gasteiger partial charge in [0.05, 0.1) is 0 Å². The molecule has 129 valence electrons. The number of hydrogen-bond donors (Lipinski definition) is 0. The van der Waals surface area contributed by atoms with E-state index in [0.29, 0.717) is 8.64 Å². The van der Waals surface area contributed by atoms with Crippen molar-refractivity contribution in [1.29, 1.82) is 0 Å². The van der Waals surface area contributed by atoms with Crippen LogP contribution in [0.25, 0.3) is 0 Å². The van der Waals surface area contributed by atoms with E-state index in [2.05, 4.69) is 13.8 Å². The Balaban J connectivity index is -0.000000295. The van der Waals surface area contributed by atoms with Crippen molar-refractivity contribution in [3.05, 3.63) is 0 Å². The quantitative estimate of drug-likeness (QED) is 0.255. The fourth-order valence-electron chi connectivity index (χ4n) is 1.38. The van der Waals surface area contributed by atoms with Crippen LogP contribution in [0.5, 0.6) is 0 Å². The van der Waals surface area contributed by atoms with E-state index in [1.807, 2.05) is 23.9 Å². The smallest absolute Gasteiger partial charge is 0.411 e. The van der Waals surface area contributed by atoms with Gasteiger partial charge in [0.15, 0.2) is 0 Å². The van der Waals surface area contributed by atoms with E-state index in [1.165, 1.54) is 38.5 Å². The molecule has 0 amide bonds. The molecule has 1 radical (unpaired) electrons. The molecule has 0 spiro atoms. The molecule has 0 aromatic rings. The monoisotopic (exact) mass is 415 g/mol. The van der Waals surface area contributed by atoms with Gasteiger partial charge >= 0.3 is 17.1 Å². The maximum atomic E-state index is 4.81. The number of nitrogens with zero attached hydrogens (tertiary/aromatic N) is 2. The molecule has 0 bridgehead atoms. The molecular formula is C14H28CuN2S4. The first kappa shape index (κ1) is 26.6. The minimum Gasteiger partial charge on any atom is -0.411 e. The zero-order valence-electron chi connectivity index (χ0n) is 13.5. The van der Waals surface area contributed by atoms with E-state index in [9.17, 15) is 0 Å². The molecule has 0 rings (SSSR count). The Morgan fingerprint density at radius 2 is 1.05 bits per heavy atom. The van der Waals surface area contributed by atoms with E-state index >= 15 is 0 Å². The van der Waals surface area contributed by atoms with Crippen LogP contribution in [-0.2, 0) is 42.3 Å². The Kier molecular flexibility index (Phi) is 23.8. The van der Waals surface area contributed by atoms with Gasteiger partial charge in [-0.1, -0.05) is 48.2 Å². The fraction of sp³-hybridized carbons (Fsp3) is 0.857. The van der Waals surface area contributed by atoms with E-state index in [1.54, 1.807) is 0 Å². The number of thiocarbonyl (C=S) groups is 2. The molecule has 0 aromatic heterocycles. The Labute approximate surface area is 164 Å². The molecule has 0 heterocycles. The van der Waals surface area contributed by atoms with Crippen LogP contribution in [0.1, 0.15) is 52.4 Å². The molecule has 0 saturated heterocycles. The molecule has 0 fully saturated rings. The van der Waals surface area contributed by atoms with Crippen molar-refractivity contribution in [3.63, 3.8) is 0 Å². The van der Waals surface area contributed by atoms with Crippen LogP contribution in [0.4, 0.5) is 0 Å². The molecule has 0 atom stereocenters. The summed E-state index contributed by atoms with van der Waals surface area (Å²) in [7, 11) is 3.90. The summed E-state index contributed by atoms with van der Waals surface area (Å²) in [5.74, 6) is 0. The van der Waals surface area contributed by atoms with E-state index in [-0.39, 0.29) is 17.1 Å². The summed E-state index contributed by atoms with van der Waals surface area (Å²) < 4.78 is 1.16. The van der Waals surface area contributed by atoms with Gasteiger partial charge in [-0.25, -0.2) is 0 Å². The van der Waals surface area contributed by atoms with Crippen molar-refractivity contribution in [2.24, 2.45) is 0 Å². The average Bonchev–Trinajstić information content (AvgIpc) is 2.39. The van der Waals surface area contributed by atoms with Gasteiger partial charge in [0, 0.05) is 27.2 Å². The van der Waals surface area contributed by atoms with Crippen LogP contribution in [0.2, 0.25) is 0 Å². The molecule has 0 aliphatic rings. The summed E-state index contributed by atoms with van der Waals surface area (Å²) in [6.45, 7) is 6.39. The second kappa shape index (κ2) is 18.8. The van der Waals surface area contributed by atoms with E-state index in [4.69, 9.17) is 49.7 Å². The van der Waals surface area contributed by atoms with Crippen LogP contribution >= 0.6 is 24.4 Å². The summed E-state index contributed by atoms with van der Waals surface area (Å²) in [5.41, 5.74) is 0. The van der Waals surface area contributed by atoms with Gasteiger partial charge < -0.3 is 59.5 Å². The molecule has 0 N–H and O–H groups in total. The van der Waals surface area contributed by atoms with Crippen molar-refractivity contribution in [2.45, 2.75) is 52.4 Å². The molecule has 0 unspecified atom stereocenters. The van der Waals surface area contributed by atoms with Crippen LogP contribution in [0, 0.1) is 0 Å². The summed E-state index contributed by atoms with van der Waals surface area (Å²) in [6, 6.07) is 0. The first-order valence-electron chi connectivity index (χ1n) is 7.20.